The lowest BCUT2D eigenvalue weighted by Crippen LogP contribution is -2.34. The zero-order valence-corrected chi connectivity index (χ0v) is 14.0. The summed E-state index contributed by atoms with van der Waals surface area (Å²) in [4.78, 5) is 14.2. The van der Waals surface area contributed by atoms with Crippen molar-refractivity contribution in [2.24, 2.45) is 0 Å². The molecule has 1 aromatic rings. The summed E-state index contributed by atoms with van der Waals surface area (Å²) < 4.78 is 31.5. The molecule has 22 heavy (non-hydrogen) atoms. The molecule has 0 N–H and O–H groups in total. The number of hydrogen-bond donors (Lipinski definition) is 0. The van der Waals surface area contributed by atoms with Crippen LogP contribution in [0.15, 0.2) is 29.2 Å². The second-order valence-corrected chi connectivity index (χ2v) is 7.02. The zero-order chi connectivity index (χ0) is 16.3. The van der Waals surface area contributed by atoms with Crippen molar-refractivity contribution in [3.8, 4) is 0 Å². The first-order valence-electron chi connectivity index (χ1n) is 7.44. The number of carbonyl (C=O) groups is 1. The highest BCUT2D eigenvalue weighted by Crippen LogP contribution is 2.19. The summed E-state index contributed by atoms with van der Waals surface area (Å²) in [6.07, 6.45) is -0.244. The van der Waals surface area contributed by atoms with Crippen molar-refractivity contribution in [1.29, 1.82) is 0 Å². The van der Waals surface area contributed by atoms with Gasteiger partial charge in [-0.05, 0) is 31.2 Å². The van der Waals surface area contributed by atoms with Crippen molar-refractivity contribution < 1.29 is 17.9 Å². The average Bonchev–Trinajstić information content (AvgIpc) is 2.93. The molecule has 0 bridgehead atoms. The van der Waals surface area contributed by atoms with Gasteiger partial charge < -0.3 is 9.64 Å². The van der Waals surface area contributed by atoms with E-state index in [1.807, 2.05) is 6.92 Å². The number of benzene rings is 1. The Morgan fingerprint density at radius 1 is 1.27 bits per heavy atom. The van der Waals surface area contributed by atoms with Crippen LogP contribution in [0.3, 0.4) is 0 Å². The molecule has 1 amide bonds. The van der Waals surface area contributed by atoms with E-state index in [2.05, 4.69) is 0 Å². The molecule has 1 heterocycles. The standard InChI is InChI=1S/C15H22N2O4S/c1-4-16(5-2)22(19,20)14-8-6-13(7-9-14)15(18)17-10-11-21-12(17)3/h6-9,12H,4-5,10-11H2,1-3H3. The fourth-order valence-corrected chi connectivity index (χ4v) is 3.97. The number of nitrogens with zero attached hydrogens (tertiary/aromatic N) is 2. The van der Waals surface area contributed by atoms with Crippen LogP contribution < -0.4 is 0 Å². The number of rotatable bonds is 5. The minimum atomic E-state index is -3.49. The van der Waals surface area contributed by atoms with Gasteiger partial charge in [0.2, 0.25) is 10.0 Å². The van der Waals surface area contributed by atoms with Crippen molar-refractivity contribution in [1.82, 2.24) is 9.21 Å². The second-order valence-electron chi connectivity index (χ2n) is 5.08. The number of carbonyl (C=O) groups excluding carboxylic acids is 1. The summed E-state index contributed by atoms with van der Waals surface area (Å²) in [5, 5.41) is 0. The predicted molar refractivity (Wildman–Crippen MR) is 83.0 cm³/mol. The fourth-order valence-electron chi connectivity index (χ4n) is 2.51. The van der Waals surface area contributed by atoms with Crippen molar-refractivity contribution in [3.63, 3.8) is 0 Å². The Kier molecular flexibility index (Phi) is 5.20. The van der Waals surface area contributed by atoms with Crippen molar-refractivity contribution in [2.75, 3.05) is 26.2 Å². The first kappa shape index (κ1) is 16.9. The van der Waals surface area contributed by atoms with Crippen LogP contribution in [0.4, 0.5) is 0 Å². The van der Waals surface area contributed by atoms with E-state index in [1.54, 1.807) is 30.9 Å². The van der Waals surface area contributed by atoms with Crippen LogP contribution in [0.25, 0.3) is 0 Å². The van der Waals surface area contributed by atoms with Crippen molar-refractivity contribution >= 4 is 15.9 Å². The molecule has 0 spiro atoms. The summed E-state index contributed by atoms with van der Waals surface area (Å²) in [6.45, 7) is 7.34. The summed E-state index contributed by atoms with van der Waals surface area (Å²) in [6, 6.07) is 6.10. The van der Waals surface area contributed by atoms with E-state index in [0.29, 0.717) is 31.8 Å². The van der Waals surface area contributed by atoms with Crippen LogP contribution in [0.1, 0.15) is 31.1 Å². The Morgan fingerprint density at radius 3 is 2.32 bits per heavy atom. The fraction of sp³-hybridized carbons (Fsp3) is 0.533. The van der Waals surface area contributed by atoms with Gasteiger partial charge in [-0.15, -0.1) is 0 Å². The van der Waals surface area contributed by atoms with E-state index < -0.39 is 10.0 Å². The van der Waals surface area contributed by atoms with Gasteiger partial charge in [-0.2, -0.15) is 4.31 Å². The maximum atomic E-state index is 12.4. The Balaban J connectivity index is 2.22. The third-order valence-corrected chi connectivity index (χ3v) is 5.90. The lowest BCUT2D eigenvalue weighted by atomic mass is 10.2. The van der Waals surface area contributed by atoms with Gasteiger partial charge >= 0.3 is 0 Å². The maximum Gasteiger partial charge on any atom is 0.255 e. The molecule has 1 atom stereocenters. The summed E-state index contributed by atoms with van der Waals surface area (Å²) in [7, 11) is -3.49. The highest BCUT2D eigenvalue weighted by molar-refractivity contribution is 7.89. The van der Waals surface area contributed by atoms with Crippen LogP contribution in [0.5, 0.6) is 0 Å². The van der Waals surface area contributed by atoms with Crippen LogP contribution in [0, 0.1) is 0 Å². The summed E-state index contributed by atoms with van der Waals surface area (Å²) in [5.41, 5.74) is 0.468. The van der Waals surface area contributed by atoms with Crippen molar-refractivity contribution in [3.05, 3.63) is 29.8 Å². The molecule has 1 aliphatic heterocycles. The number of hydrogen-bond acceptors (Lipinski definition) is 4. The van der Waals surface area contributed by atoms with E-state index in [0.717, 1.165) is 0 Å². The molecule has 0 saturated carbocycles. The smallest absolute Gasteiger partial charge is 0.255 e. The van der Waals surface area contributed by atoms with Crippen LogP contribution in [0.2, 0.25) is 0 Å². The zero-order valence-electron chi connectivity index (χ0n) is 13.2. The number of sulfonamides is 1. The van der Waals surface area contributed by atoms with Gasteiger partial charge in [0.15, 0.2) is 0 Å². The first-order valence-corrected chi connectivity index (χ1v) is 8.88. The Morgan fingerprint density at radius 2 is 1.86 bits per heavy atom. The molecule has 0 radical (unpaired) electrons. The van der Waals surface area contributed by atoms with Gasteiger partial charge in [0.1, 0.15) is 6.23 Å². The Labute approximate surface area is 131 Å². The Bertz CT molecular complexity index is 623. The lowest BCUT2D eigenvalue weighted by Gasteiger charge is -2.20. The van der Waals surface area contributed by atoms with E-state index in [9.17, 15) is 13.2 Å². The molecule has 1 unspecified atom stereocenters. The molecule has 7 heteroatoms. The highest BCUT2D eigenvalue weighted by Gasteiger charge is 2.27. The first-order chi connectivity index (χ1) is 10.4. The van der Waals surface area contributed by atoms with Crippen LogP contribution in [-0.2, 0) is 14.8 Å². The highest BCUT2D eigenvalue weighted by atomic mass is 32.2. The molecule has 122 valence electrons. The lowest BCUT2D eigenvalue weighted by molar-refractivity contribution is 0.0378. The molecule has 6 nitrogen and oxygen atoms in total. The minimum absolute atomic E-state index is 0.142. The SMILES string of the molecule is CCN(CC)S(=O)(=O)c1ccc(C(=O)N2CCOC2C)cc1. The molecule has 1 aliphatic rings. The van der Waals surface area contributed by atoms with Gasteiger partial charge in [-0.3, -0.25) is 4.79 Å². The summed E-state index contributed by atoms with van der Waals surface area (Å²) >= 11 is 0. The molecule has 1 saturated heterocycles. The Hall–Kier alpha value is -1.44. The maximum absolute atomic E-state index is 12.4. The van der Waals surface area contributed by atoms with Gasteiger partial charge in [0.05, 0.1) is 11.5 Å². The van der Waals surface area contributed by atoms with Gasteiger partial charge in [-0.25, -0.2) is 8.42 Å². The predicted octanol–water partition coefficient (Wildman–Crippen LogP) is 1.54. The van der Waals surface area contributed by atoms with E-state index in [1.165, 1.54) is 16.4 Å². The quantitative estimate of drug-likeness (QED) is 0.823. The largest absolute Gasteiger partial charge is 0.357 e. The molecular weight excluding hydrogens is 304 g/mol. The monoisotopic (exact) mass is 326 g/mol. The molecule has 1 fully saturated rings. The minimum Gasteiger partial charge on any atom is -0.357 e. The van der Waals surface area contributed by atoms with Crippen LogP contribution >= 0.6 is 0 Å². The molecule has 0 aliphatic carbocycles. The van der Waals surface area contributed by atoms with E-state index in [4.69, 9.17) is 4.74 Å². The van der Waals surface area contributed by atoms with Gasteiger partial charge in [-0.1, -0.05) is 13.8 Å². The normalized spacial score (nSPS) is 18.9. The molecule has 0 aromatic heterocycles. The number of ether oxygens (including phenoxy) is 1. The number of amides is 1. The van der Waals surface area contributed by atoms with Gasteiger partial charge in [0.25, 0.3) is 5.91 Å². The molecule has 2 rings (SSSR count). The van der Waals surface area contributed by atoms with Crippen LogP contribution in [-0.4, -0.2) is 56.0 Å². The topological polar surface area (TPSA) is 66.9 Å². The average molecular weight is 326 g/mol. The third-order valence-electron chi connectivity index (χ3n) is 3.84. The van der Waals surface area contributed by atoms with Crippen molar-refractivity contribution in [2.45, 2.75) is 31.9 Å². The van der Waals surface area contributed by atoms with Gasteiger partial charge in [0, 0.05) is 25.2 Å². The second kappa shape index (κ2) is 6.76. The van der Waals surface area contributed by atoms with E-state index in [-0.39, 0.29) is 17.0 Å². The molecule has 1 aromatic carbocycles. The van der Waals surface area contributed by atoms with E-state index >= 15 is 0 Å². The molecular formula is C15H22N2O4S. The third kappa shape index (κ3) is 3.16. The summed E-state index contributed by atoms with van der Waals surface area (Å²) in [5.74, 6) is -0.142.